The summed E-state index contributed by atoms with van der Waals surface area (Å²) in [7, 11) is 1.69. The Labute approximate surface area is 224 Å². The van der Waals surface area contributed by atoms with Crippen molar-refractivity contribution >= 4 is 23.6 Å². The molecule has 37 heavy (non-hydrogen) atoms. The molecule has 0 aromatic heterocycles. The summed E-state index contributed by atoms with van der Waals surface area (Å²) in [5, 5.41) is 27.5. The first kappa shape index (κ1) is 27.5. The number of carbonyl (C=O) groups excluding carboxylic acids is 2. The van der Waals surface area contributed by atoms with E-state index in [0.29, 0.717) is 35.1 Å². The van der Waals surface area contributed by atoms with Crippen molar-refractivity contribution in [3.63, 3.8) is 0 Å². The molecular formula is C30H40N2O4S. The van der Waals surface area contributed by atoms with Crippen LogP contribution in [0, 0.1) is 30.6 Å². The zero-order chi connectivity index (χ0) is 26.4. The zero-order valence-corrected chi connectivity index (χ0v) is 22.7. The molecule has 2 aliphatic carbocycles. The minimum Gasteiger partial charge on any atom is -0.508 e. The summed E-state index contributed by atoms with van der Waals surface area (Å²) in [6, 6.07) is 14.3. The second-order valence-electron chi connectivity index (χ2n) is 10.7. The molecule has 1 unspecified atom stereocenters. The van der Waals surface area contributed by atoms with Crippen LogP contribution in [0.25, 0.3) is 0 Å². The first-order valence-corrected chi connectivity index (χ1v) is 14.5. The SMILES string of the molecule is CNC(=O)[C@@H]1C[C@@H]2CCCC[C@@H]2CC1C[C@@H](O)[C@H](CSc1ccccc1)NC(=O)c1cccc(O)c1C. The highest BCUT2D eigenvalue weighted by Crippen LogP contribution is 2.47. The topological polar surface area (TPSA) is 98.7 Å². The van der Waals surface area contributed by atoms with Crippen molar-refractivity contribution < 1.29 is 19.8 Å². The number of rotatable bonds is 9. The largest absolute Gasteiger partial charge is 0.508 e. The van der Waals surface area contributed by atoms with Crippen molar-refractivity contribution in [3.8, 4) is 5.75 Å². The van der Waals surface area contributed by atoms with Gasteiger partial charge in [-0.05, 0) is 68.2 Å². The number of aliphatic hydroxyl groups excluding tert-OH is 1. The van der Waals surface area contributed by atoms with E-state index < -0.39 is 12.1 Å². The molecule has 6 atom stereocenters. The minimum absolute atomic E-state index is 0.0656. The summed E-state index contributed by atoms with van der Waals surface area (Å²) in [6.07, 6.45) is 6.42. The molecule has 4 rings (SSSR count). The van der Waals surface area contributed by atoms with Gasteiger partial charge in [0.2, 0.25) is 5.91 Å². The number of aliphatic hydroxyl groups is 1. The molecule has 2 aromatic carbocycles. The number of hydrogen-bond acceptors (Lipinski definition) is 5. The van der Waals surface area contributed by atoms with E-state index in [1.54, 1.807) is 43.9 Å². The molecule has 7 heteroatoms. The van der Waals surface area contributed by atoms with Crippen LogP contribution in [0.2, 0.25) is 0 Å². The average molecular weight is 525 g/mol. The Morgan fingerprint density at radius 3 is 2.43 bits per heavy atom. The molecule has 0 heterocycles. The van der Waals surface area contributed by atoms with Gasteiger partial charge in [0.05, 0.1) is 12.1 Å². The molecule has 200 valence electrons. The maximum Gasteiger partial charge on any atom is 0.252 e. The molecule has 0 bridgehead atoms. The number of phenolic OH excluding ortho intramolecular Hbond substituents is 1. The van der Waals surface area contributed by atoms with Crippen molar-refractivity contribution in [2.45, 2.75) is 68.9 Å². The predicted octanol–water partition coefficient (Wildman–Crippen LogP) is 4.92. The van der Waals surface area contributed by atoms with E-state index in [1.807, 2.05) is 30.3 Å². The van der Waals surface area contributed by atoms with Gasteiger partial charge in [0.25, 0.3) is 5.91 Å². The lowest BCUT2D eigenvalue weighted by atomic mass is 9.62. The second kappa shape index (κ2) is 12.8. The van der Waals surface area contributed by atoms with Crippen LogP contribution in [0.5, 0.6) is 5.75 Å². The molecular weight excluding hydrogens is 484 g/mol. The second-order valence-corrected chi connectivity index (χ2v) is 11.8. The third-order valence-electron chi connectivity index (χ3n) is 8.43. The van der Waals surface area contributed by atoms with E-state index in [4.69, 9.17) is 0 Å². The number of carbonyl (C=O) groups is 2. The van der Waals surface area contributed by atoms with Gasteiger partial charge in [-0.2, -0.15) is 0 Å². The van der Waals surface area contributed by atoms with Crippen LogP contribution in [0.3, 0.4) is 0 Å². The van der Waals surface area contributed by atoms with Crippen molar-refractivity contribution in [2.24, 2.45) is 23.7 Å². The van der Waals surface area contributed by atoms with E-state index in [-0.39, 0.29) is 29.4 Å². The fourth-order valence-corrected chi connectivity index (χ4v) is 7.31. The summed E-state index contributed by atoms with van der Waals surface area (Å²) in [4.78, 5) is 27.2. The van der Waals surface area contributed by atoms with Crippen LogP contribution in [-0.4, -0.2) is 47.0 Å². The first-order valence-electron chi connectivity index (χ1n) is 13.5. The Morgan fingerprint density at radius 2 is 1.73 bits per heavy atom. The number of nitrogens with one attached hydrogen (secondary N) is 2. The lowest BCUT2D eigenvalue weighted by Crippen LogP contribution is -2.48. The summed E-state index contributed by atoms with van der Waals surface area (Å²) >= 11 is 1.59. The summed E-state index contributed by atoms with van der Waals surface area (Å²) in [5.74, 6) is 1.51. The number of thioether (sulfide) groups is 1. The van der Waals surface area contributed by atoms with Crippen LogP contribution in [0.1, 0.15) is 60.9 Å². The first-order chi connectivity index (χ1) is 17.9. The van der Waals surface area contributed by atoms with Gasteiger partial charge in [0, 0.05) is 34.7 Å². The normalized spacial score (nSPS) is 24.9. The Bertz CT molecular complexity index is 1060. The van der Waals surface area contributed by atoms with Gasteiger partial charge < -0.3 is 20.8 Å². The summed E-state index contributed by atoms with van der Waals surface area (Å²) < 4.78 is 0. The molecule has 2 amide bonds. The molecule has 0 aliphatic heterocycles. The quantitative estimate of drug-likeness (QED) is 0.349. The van der Waals surface area contributed by atoms with Gasteiger partial charge >= 0.3 is 0 Å². The van der Waals surface area contributed by atoms with Crippen molar-refractivity contribution in [1.82, 2.24) is 10.6 Å². The monoisotopic (exact) mass is 524 g/mol. The third kappa shape index (κ3) is 6.88. The number of aromatic hydroxyl groups is 1. The average Bonchev–Trinajstić information content (AvgIpc) is 2.92. The van der Waals surface area contributed by atoms with Gasteiger partial charge in [-0.1, -0.05) is 49.9 Å². The zero-order valence-electron chi connectivity index (χ0n) is 21.9. The van der Waals surface area contributed by atoms with E-state index in [9.17, 15) is 19.8 Å². The lowest BCUT2D eigenvalue weighted by Gasteiger charge is -2.44. The molecule has 0 saturated heterocycles. The maximum atomic E-state index is 13.2. The Hall–Kier alpha value is -2.51. The standard InChI is InChI=1S/C30H40N2O4S/c1-19-24(13-8-14-27(19)33)30(36)32-26(18-37-23-11-4-3-5-12-23)28(34)17-22-15-20-9-6-7-10-21(20)16-25(22)29(35)31-2/h3-5,8,11-14,20-22,25-26,28,33-34H,6-7,9-10,15-18H2,1-2H3,(H,31,35)(H,32,36)/t20-,21+,22?,25-,26+,28-/m1/s1. The van der Waals surface area contributed by atoms with Gasteiger partial charge in [-0.3, -0.25) is 9.59 Å². The molecule has 2 fully saturated rings. The van der Waals surface area contributed by atoms with Crippen LogP contribution >= 0.6 is 11.8 Å². The van der Waals surface area contributed by atoms with E-state index >= 15 is 0 Å². The molecule has 2 aliphatic rings. The fourth-order valence-electron chi connectivity index (χ4n) is 6.29. The molecule has 2 aromatic rings. The van der Waals surface area contributed by atoms with Crippen molar-refractivity contribution in [2.75, 3.05) is 12.8 Å². The predicted molar refractivity (Wildman–Crippen MR) is 148 cm³/mol. The summed E-state index contributed by atoms with van der Waals surface area (Å²) in [5.41, 5.74) is 0.909. The Balaban J connectivity index is 1.51. The Morgan fingerprint density at radius 1 is 1.03 bits per heavy atom. The third-order valence-corrected chi connectivity index (χ3v) is 9.56. The van der Waals surface area contributed by atoms with Crippen LogP contribution in [0.15, 0.2) is 53.4 Å². The molecule has 0 spiro atoms. The highest BCUT2D eigenvalue weighted by molar-refractivity contribution is 7.99. The number of benzene rings is 2. The van der Waals surface area contributed by atoms with Gasteiger partial charge in [-0.15, -0.1) is 11.8 Å². The minimum atomic E-state index is -0.796. The van der Waals surface area contributed by atoms with Crippen molar-refractivity contribution in [3.05, 3.63) is 59.7 Å². The number of hydrogen-bond donors (Lipinski definition) is 4. The lowest BCUT2D eigenvalue weighted by molar-refractivity contribution is -0.130. The van der Waals surface area contributed by atoms with Crippen LogP contribution in [-0.2, 0) is 4.79 Å². The van der Waals surface area contributed by atoms with E-state index in [0.717, 1.165) is 17.7 Å². The van der Waals surface area contributed by atoms with E-state index in [1.165, 1.54) is 25.7 Å². The highest BCUT2D eigenvalue weighted by Gasteiger charge is 2.42. The smallest absolute Gasteiger partial charge is 0.252 e. The Kier molecular flexibility index (Phi) is 9.54. The van der Waals surface area contributed by atoms with Gasteiger partial charge in [0.15, 0.2) is 0 Å². The maximum absolute atomic E-state index is 13.2. The van der Waals surface area contributed by atoms with Crippen molar-refractivity contribution in [1.29, 1.82) is 0 Å². The van der Waals surface area contributed by atoms with Crippen LogP contribution < -0.4 is 10.6 Å². The van der Waals surface area contributed by atoms with Gasteiger partial charge in [0.1, 0.15) is 5.75 Å². The number of fused-ring (bicyclic) bond motifs is 1. The molecule has 4 N–H and O–H groups in total. The highest BCUT2D eigenvalue weighted by atomic mass is 32.2. The van der Waals surface area contributed by atoms with Gasteiger partial charge in [-0.25, -0.2) is 0 Å². The molecule has 2 saturated carbocycles. The number of phenols is 1. The number of amides is 2. The fraction of sp³-hybridized carbons (Fsp3) is 0.533. The van der Waals surface area contributed by atoms with Crippen LogP contribution in [0.4, 0.5) is 0 Å². The summed E-state index contributed by atoms with van der Waals surface area (Å²) in [6.45, 7) is 1.71. The molecule has 6 nitrogen and oxygen atoms in total. The van der Waals surface area contributed by atoms with E-state index in [2.05, 4.69) is 10.6 Å². The molecule has 0 radical (unpaired) electrons.